The van der Waals surface area contributed by atoms with Gasteiger partial charge in [-0.2, -0.15) is 0 Å². The molecule has 0 spiro atoms. The predicted molar refractivity (Wildman–Crippen MR) is 12.3 cm³/mol. The molecule has 26 valence electrons. The number of rotatable bonds is 0. The Bertz CT molecular complexity index is 37.9. The van der Waals surface area contributed by atoms with E-state index in [-0.39, 0.29) is 69.2 Å². The second-order valence-electron chi connectivity index (χ2n) is 0.250. The molecule has 0 saturated heterocycles. The van der Waals surface area contributed by atoms with Crippen LogP contribution in [0.3, 0.4) is 0 Å². The molecule has 0 aromatic heterocycles. The fraction of sp³-hybridized carbons (Fsp3) is 0. The van der Waals surface area contributed by atoms with Crippen LogP contribution in [0.2, 0.25) is 0 Å². The van der Waals surface area contributed by atoms with E-state index in [4.69, 9.17) is 15.0 Å². The first kappa shape index (κ1) is 15.7. The first-order valence-corrected chi connectivity index (χ1v) is 0.612. The van der Waals surface area contributed by atoms with Crippen LogP contribution >= 0.6 is 0 Å². The van der Waals surface area contributed by atoms with Gasteiger partial charge in [0.1, 0.15) is 0 Å². The number of carbonyl (C=O) groups excluding carboxylic acids is 1. The minimum Gasteiger partial charge on any atom is -1.00 e. The summed E-state index contributed by atoms with van der Waals surface area (Å²) in [6, 6.07) is 0. The van der Waals surface area contributed by atoms with E-state index in [1.165, 1.54) is 0 Å². The van der Waals surface area contributed by atoms with Crippen molar-refractivity contribution >= 4 is 55.0 Å². The predicted octanol–water partition coefficient (Wildman–Crippen LogP) is -5.71. The van der Waals surface area contributed by atoms with Gasteiger partial charge in [0.25, 0.3) is 0 Å². The van der Waals surface area contributed by atoms with Crippen LogP contribution in [0.4, 0.5) is 4.79 Å². The minimum absolute atomic E-state index is 0. The molecule has 0 bridgehead atoms. The summed E-state index contributed by atoms with van der Waals surface area (Å²) in [6.07, 6.45) is -2.33. The summed E-state index contributed by atoms with van der Waals surface area (Å²) < 4.78 is 0. The van der Waals surface area contributed by atoms with E-state index in [0.29, 0.717) is 0 Å². The van der Waals surface area contributed by atoms with Crippen molar-refractivity contribution in [3.8, 4) is 0 Å². The van der Waals surface area contributed by atoms with E-state index in [0.717, 1.165) is 0 Å². The molecule has 0 aliphatic carbocycles. The Balaban J connectivity index is -0.0000000150. The van der Waals surface area contributed by atoms with Gasteiger partial charge in [-0.05, 0) is 6.16 Å². The fourth-order valence-electron chi connectivity index (χ4n) is 0. The summed E-state index contributed by atoms with van der Waals surface area (Å²) in [5.41, 5.74) is 0. The van der Waals surface area contributed by atoms with Crippen molar-refractivity contribution in [3.63, 3.8) is 0 Å². The Hall–Kier alpha value is 1.44. The van der Waals surface area contributed by atoms with Crippen molar-refractivity contribution in [2.75, 3.05) is 0 Å². The molecule has 0 rings (SSSR count). The van der Waals surface area contributed by atoms with Crippen LogP contribution in [-0.2, 0) is 0 Å². The third kappa shape index (κ3) is 51.8. The zero-order chi connectivity index (χ0) is 3.58. The van der Waals surface area contributed by atoms with Gasteiger partial charge in [-0.25, -0.2) is 0 Å². The van der Waals surface area contributed by atoms with Crippen LogP contribution in [0.25, 0.3) is 0 Å². The fourth-order valence-corrected chi connectivity index (χ4v) is 0. The SMILES string of the molecule is O=C([O-])[O-].[Ba+2].[H-].[Li+]. The maximum Gasteiger partial charge on any atom is 2.00 e. The maximum absolute atomic E-state index is 8.33. The first-order chi connectivity index (χ1) is 1.73. The molecular formula is CHBaLiO3. The van der Waals surface area contributed by atoms with Gasteiger partial charge in [0, 0.05) is 0 Å². The number of carboxylic acid groups (broad SMARTS) is 2. The molecule has 5 heteroatoms. The number of carbonyl (C=O) groups is 1. The van der Waals surface area contributed by atoms with E-state index in [1.807, 2.05) is 0 Å². The molecular weight excluding hydrogens is 204 g/mol. The molecule has 3 nitrogen and oxygen atoms in total. The monoisotopic (exact) mass is 206 g/mol. The van der Waals surface area contributed by atoms with E-state index in [2.05, 4.69) is 0 Å². The molecule has 0 aromatic carbocycles. The Kier molecular flexibility index (Phi) is 25.2. The van der Waals surface area contributed by atoms with Gasteiger partial charge in [0.2, 0.25) is 0 Å². The van der Waals surface area contributed by atoms with Crippen molar-refractivity contribution in [1.29, 1.82) is 0 Å². The average molecular weight is 205 g/mol. The summed E-state index contributed by atoms with van der Waals surface area (Å²) in [4.78, 5) is 8.33. The van der Waals surface area contributed by atoms with Crippen molar-refractivity contribution in [2.24, 2.45) is 0 Å². The van der Waals surface area contributed by atoms with Crippen molar-refractivity contribution in [1.82, 2.24) is 0 Å². The van der Waals surface area contributed by atoms with Gasteiger partial charge in [-0.15, -0.1) is 0 Å². The Morgan fingerprint density at radius 1 is 1.50 bits per heavy atom. The molecule has 0 unspecified atom stereocenters. The van der Waals surface area contributed by atoms with Crippen molar-refractivity contribution < 1.29 is 35.3 Å². The molecule has 0 saturated carbocycles. The standard InChI is InChI=1S/CH2O3.Ba.Li.H/c2-1(3)4;;;/h(H2,2,3,4);;;/q;+2;+1;-1/p-2. The molecule has 6 heavy (non-hydrogen) atoms. The van der Waals surface area contributed by atoms with Crippen molar-refractivity contribution in [2.45, 2.75) is 0 Å². The summed E-state index contributed by atoms with van der Waals surface area (Å²) in [6.45, 7) is 0. The van der Waals surface area contributed by atoms with Gasteiger partial charge < -0.3 is 16.4 Å². The Morgan fingerprint density at radius 2 is 1.50 bits per heavy atom. The topological polar surface area (TPSA) is 63.2 Å². The maximum atomic E-state index is 8.33. The van der Waals surface area contributed by atoms with Crippen LogP contribution in [0.1, 0.15) is 1.43 Å². The zero-order valence-electron chi connectivity index (χ0n) is 4.43. The van der Waals surface area contributed by atoms with E-state index < -0.39 is 6.16 Å². The normalized spacial score (nSPS) is 4.00. The summed E-state index contributed by atoms with van der Waals surface area (Å²) in [5, 5.41) is 16.7. The average Bonchev–Trinajstić information content (AvgIpc) is 0.811. The Labute approximate surface area is 88.8 Å². The van der Waals surface area contributed by atoms with Gasteiger partial charge in [-0.3, -0.25) is 0 Å². The van der Waals surface area contributed by atoms with Crippen LogP contribution in [0.5, 0.6) is 0 Å². The number of hydrogen-bond donors (Lipinski definition) is 0. The van der Waals surface area contributed by atoms with E-state index in [9.17, 15) is 0 Å². The second-order valence-corrected chi connectivity index (χ2v) is 0.250. The van der Waals surface area contributed by atoms with E-state index in [1.54, 1.807) is 0 Å². The molecule has 0 aliphatic heterocycles. The molecule has 0 heterocycles. The van der Waals surface area contributed by atoms with Gasteiger partial charge in [0.05, 0.1) is 0 Å². The molecule has 0 aromatic rings. The zero-order valence-corrected chi connectivity index (χ0v) is 7.87. The van der Waals surface area contributed by atoms with Gasteiger partial charge in [0.15, 0.2) is 0 Å². The largest absolute Gasteiger partial charge is 2.00 e. The smallest absolute Gasteiger partial charge is 1.00 e. The molecule has 0 atom stereocenters. The molecule has 0 amide bonds. The minimum atomic E-state index is -2.33. The third-order valence-corrected chi connectivity index (χ3v) is 0. The van der Waals surface area contributed by atoms with Crippen LogP contribution < -0.4 is 29.1 Å². The quantitative estimate of drug-likeness (QED) is 0.370. The molecule has 0 N–H and O–H groups in total. The summed E-state index contributed by atoms with van der Waals surface area (Å²) >= 11 is 0. The van der Waals surface area contributed by atoms with Crippen LogP contribution in [-0.4, -0.2) is 55.0 Å². The number of hydrogen-bond acceptors (Lipinski definition) is 3. The van der Waals surface area contributed by atoms with Gasteiger partial charge >= 0.3 is 67.7 Å². The Morgan fingerprint density at radius 3 is 1.50 bits per heavy atom. The molecule has 0 aliphatic rings. The van der Waals surface area contributed by atoms with E-state index >= 15 is 0 Å². The van der Waals surface area contributed by atoms with Crippen LogP contribution in [0, 0.1) is 0 Å². The van der Waals surface area contributed by atoms with Gasteiger partial charge in [-0.1, -0.05) is 0 Å². The second kappa shape index (κ2) is 9.67. The first-order valence-electron chi connectivity index (χ1n) is 0.612. The molecule has 0 fully saturated rings. The summed E-state index contributed by atoms with van der Waals surface area (Å²) in [5.74, 6) is 0. The van der Waals surface area contributed by atoms with Crippen molar-refractivity contribution in [3.05, 3.63) is 0 Å². The summed E-state index contributed by atoms with van der Waals surface area (Å²) in [7, 11) is 0. The van der Waals surface area contributed by atoms with Crippen LogP contribution in [0.15, 0.2) is 0 Å². The third-order valence-electron chi connectivity index (χ3n) is 0. The molecule has 0 radical (unpaired) electrons.